The highest BCUT2D eigenvalue weighted by Gasteiger charge is 2.22. The molecule has 2 heterocycles. The lowest BCUT2D eigenvalue weighted by molar-refractivity contribution is 0.0591. The van der Waals surface area contributed by atoms with Gasteiger partial charge in [0.2, 0.25) is 0 Å². The highest BCUT2D eigenvalue weighted by atomic mass is 32.1. The lowest BCUT2D eigenvalue weighted by Crippen LogP contribution is -2.06. The van der Waals surface area contributed by atoms with E-state index in [1.165, 1.54) is 25.4 Å². The van der Waals surface area contributed by atoms with Crippen molar-refractivity contribution in [1.29, 1.82) is 0 Å². The summed E-state index contributed by atoms with van der Waals surface area (Å²) in [4.78, 5) is 30.3. The van der Waals surface area contributed by atoms with Crippen molar-refractivity contribution in [3.8, 4) is 10.7 Å². The maximum Gasteiger partial charge on any atom is 0.358 e. The van der Waals surface area contributed by atoms with Crippen LogP contribution < -0.4 is 0 Å². The van der Waals surface area contributed by atoms with E-state index in [1.54, 1.807) is 6.20 Å². The number of aromatic amines is 1. The minimum absolute atomic E-state index is 0.0783. The molecule has 0 atom stereocenters. The summed E-state index contributed by atoms with van der Waals surface area (Å²) in [5, 5.41) is 0.598. The number of rotatable bonds is 3. The van der Waals surface area contributed by atoms with Gasteiger partial charge in [0.05, 0.1) is 12.8 Å². The maximum atomic E-state index is 11.5. The van der Waals surface area contributed by atoms with Gasteiger partial charge in [-0.15, -0.1) is 11.3 Å². The topological polar surface area (TPSA) is 72.0 Å². The van der Waals surface area contributed by atoms with Gasteiger partial charge in [-0.1, -0.05) is 0 Å². The zero-order chi connectivity index (χ0) is 12.4. The third-order valence-electron chi connectivity index (χ3n) is 2.15. The number of thiazole rings is 1. The predicted octanol–water partition coefficient (Wildman–Crippen LogP) is 2.13. The van der Waals surface area contributed by atoms with Crippen LogP contribution in [0.2, 0.25) is 0 Å². The van der Waals surface area contributed by atoms with Crippen LogP contribution in [0.1, 0.15) is 27.1 Å². The van der Waals surface area contributed by atoms with Crippen molar-refractivity contribution in [2.24, 2.45) is 0 Å². The van der Waals surface area contributed by atoms with Crippen LogP contribution in [0.3, 0.4) is 0 Å². The van der Waals surface area contributed by atoms with Gasteiger partial charge in [0.15, 0.2) is 11.5 Å². The van der Waals surface area contributed by atoms with Crippen molar-refractivity contribution in [2.45, 2.75) is 6.92 Å². The first-order valence-corrected chi connectivity index (χ1v) is 5.69. The third-order valence-corrected chi connectivity index (χ3v) is 3.34. The zero-order valence-corrected chi connectivity index (χ0v) is 10.1. The summed E-state index contributed by atoms with van der Waals surface area (Å²) in [6.45, 7) is 1.40. The van der Waals surface area contributed by atoms with Gasteiger partial charge in [-0.05, 0) is 12.1 Å². The first-order valence-electron chi connectivity index (χ1n) is 4.87. The van der Waals surface area contributed by atoms with E-state index >= 15 is 0 Å². The molecule has 0 saturated carbocycles. The molecule has 0 bridgehead atoms. The molecule has 0 aliphatic rings. The number of esters is 1. The smallest absolute Gasteiger partial charge is 0.358 e. The fourth-order valence-electron chi connectivity index (χ4n) is 1.37. The van der Waals surface area contributed by atoms with E-state index in [0.717, 1.165) is 5.69 Å². The van der Waals surface area contributed by atoms with E-state index in [2.05, 4.69) is 14.7 Å². The third kappa shape index (κ3) is 2.12. The number of hydrogen-bond acceptors (Lipinski definition) is 5. The molecule has 0 amide bonds. The number of nitrogens with zero attached hydrogens (tertiary/aromatic N) is 1. The van der Waals surface area contributed by atoms with Gasteiger partial charge >= 0.3 is 5.97 Å². The Balaban J connectivity index is 2.52. The normalized spacial score (nSPS) is 10.2. The van der Waals surface area contributed by atoms with Crippen LogP contribution in [0.25, 0.3) is 10.7 Å². The SMILES string of the molecule is COC(=O)c1nc(-c2ccc[nH]2)sc1C(C)=O. The van der Waals surface area contributed by atoms with Crippen molar-refractivity contribution >= 4 is 23.1 Å². The van der Waals surface area contributed by atoms with Crippen molar-refractivity contribution in [3.63, 3.8) is 0 Å². The fourth-order valence-corrected chi connectivity index (χ4v) is 2.31. The molecule has 5 nitrogen and oxygen atoms in total. The molecule has 1 N–H and O–H groups in total. The summed E-state index contributed by atoms with van der Waals surface area (Å²) in [6.07, 6.45) is 1.75. The number of Topliss-reactive ketones (excluding diaryl/α,β-unsaturated/α-hetero) is 1. The molecule has 0 fully saturated rings. The molecule has 0 saturated heterocycles. The average Bonchev–Trinajstić information content (AvgIpc) is 2.95. The molecule has 0 aromatic carbocycles. The molecule has 0 aliphatic heterocycles. The van der Waals surface area contributed by atoms with Crippen molar-refractivity contribution in [3.05, 3.63) is 28.9 Å². The van der Waals surface area contributed by atoms with Crippen LogP contribution in [0.5, 0.6) is 0 Å². The number of ketones is 1. The molecular formula is C11H10N2O3S. The van der Waals surface area contributed by atoms with Crippen molar-refractivity contribution in [2.75, 3.05) is 7.11 Å². The standard InChI is InChI=1S/C11H10N2O3S/c1-6(14)9-8(11(15)16-2)13-10(17-9)7-4-3-5-12-7/h3-5,12H,1-2H3. The Morgan fingerprint density at radius 2 is 2.24 bits per heavy atom. The molecular weight excluding hydrogens is 240 g/mol. The van der Waals surface area contributed by atoms with E-state index in [0.29, 0.717) is 9.88 Å². The number of H-pyrrole nitrogens is 1. The highest BCUT2D eigenvalue weighted by molar-refractivity contribution is 7.17. The summed E-state index contributed by atoms with van der Waals surface area (Å²) < 4.78 is 4.60. The van der Waals surface area contributed by atoms with Crippen LogP contribution >= 0.6 is 11.3 Å². The maximum absolute atomic E-state index is 11.5. The summed E-state index contributed by atoms with van der Waals surface area (Å²) in [5.41, 5.74) is 0.849. The summed E-state index contributed by atoms with van der Waals surface area (Å²) in [6, 6.07) is 3.64. The molecule has 2 rings (SSSR count). The Hall–Kier alpha value is -1.95. The summed E-state index contributed by atoms with van der Waals surface area (Å²) >= 11 is 1.18. The summed E-state index contributed by atoms with van der Waals surface area (Å²) in [7, 11) is 1.26. The van der Waals surface area contributed by atoms with Gasteiger partial charge in [0, 0.05) is 13.1 Å². The fraction of sp³-hybridized carbons (Fsp3) is 0.182. The van der Waals surface area contributed by atoms with Gasteiger partial charge < -0.3 is 9.72 Å². The van der Waals surface area contributed by atoms with Crippen LogP contribution in [0.4, 0.5) is 0 Å². The minimum Gasteiger partial charge on any atom is -0.464 e. The van der Waals surface area contributed by atoms with Crippen LogP contribution in [-0.4, -0.2) is 28.8 Å². The Labute approximate surface area is 101 Å². The van der Waals surface area contributed by atoms with E-state index in [9.17, 15) is 9.59 Å². The second-order valence-electron chi connectivity index (χ2n) is 3.33. The number of ether oxygens (including phenoxy) is 1. The number of hydrogen-bond donors (Lipinski definition) is 1. The molecule has 17 heavy (non-hydrogen) atoms. The molecule has 0 unspecified atom stereocenters. The monoisotopic (exact) mass is 250 g/mol. The molecule has 0 radical (unpaired) electrons. The van der Waals surface area contributed by atoms with Gasteiger partial charge in [-0.25, -0.2) is 9.78 Å². The first kappa shape index (κ1) is 11.5. The number of methoxy groups -OCH3 is 1. The number of aromatic nitrogens is 2. The van der Waals surface area contributed by atoms with Crippen molar-refractivity contribution < 1.29 is 14.3 Å². The number of nitrogens with one attached hydrogen (secondary N) is 1. The van der Waals surface area contributed by atoms with Crippen LogP contribution in [0, 0.1) is 0 Å². The zero-order valence-electron chi connectivity index (χ0n) is 9.31. The van der Waals surface area contributed by atoms with Gasteiger partial charge in [-0.2, -0.15) is 0 Å². The van der Waals surface area contributed by atoms with Gasteiger partial charge in [0.1, 0.15) is 9.88 Å². The lowest BCUT2D eigenvalue weighted by Gasteiger charge is -1.95. The van der Waals surface area contributed by atoms with E-state index in [4.69, 9.17) is 0 Å². The largest absolute Gasteiger partial charge is 0.464 e. The lowest BCUT2D eigenvalue weighted by atomic mass is 10.3. The van der Waals surface area contributed by atoms with E-state index < -0.39 is 5.97 Å². The molecule has 6 heteroatoms. The average molecular weight is 250 g/mol. The summed E-state index contributed by atoms with van der Waals surface area (Å²) in [5.74, 6) is -0.787. The second-order valence-corrected chi connectivity index (χ2v) is 4.33. The first-order chi connectivity index (χ1) is 8.13. The molecule has 2 aromatic heterocycles. The number of carbonyl (C=O) groups is 2. The molecule has 2 aromatic rings. The van der Waals surface area contributed by atoms with E-state index in [-0.39, 0.29) is 11.5 Å². The molecule has 0 aliphatic carbocycles. The number of carbonyl (C=O) groups excluding carboxylic acids is 2. The second kappa shape index (κ2) is 4.50. The van der Waals surface area contributed by atoms with E-state index in [1.807, 2.05) is 12.1 Å². The molecule has 88 valence electrons. The Kier molecular flexibility index (Phi) is 3.06. The predicted molar refractivity (Wildman–Crippen MR) is 63.2 cm³/mol. The minimum atomic E-state index is -0.593. The molecule has 0 spiro atoms. The van der Waals surface area contributed by atoms with Gasteiger partial charge in [-0.3, -0.25) is 4.79 Å². The Morgan fingerprint density at radius 1 is 1.47 bits per heavy atom. The quantitative estimate of drug-likeness (QED) is 0.669. The van der Waals surface area contributed by atoms with Crippen LogP contribution in [0.15, 0.2) is 18.3 Å². The van der Waals surface area contributed by atoms with Crippen molar-refractivity contribution in [1.82, 2.24) is 9.97 Å². The van der Waals surface area contributed by atoms with Crippen LogP contribution in [-0.2, 0) is 4.74 Å². The Bertz CT molecular complexity index is 557. The highest BCUT2D eigenvalue weighted by Crippen LogP contribution is 2.27. The Morgan fingerprint density at radius 3 is 2.76 bits per heavy atom. The van der Waals surface area contributed by atoms with Gasteiger partial charge in [0.25, 0.3) is 0 Å².